The Hall–Kier alpha value is -4.33. The third-order valence-corrected chi connectivity index (χ3v) is 6.22. The zero-order valence-electron chi connectivity index (χ0n) is 18.5. The van der Waals surface area contributed by atoms with Crippen molar-refractivity contribution in [2.45, 2.75) is 12.1 Å². The summed E-state index contributed by atoms with van der Waals surface area (Å²) in [6.07, 6.45) is 1.04. The molecule has 170 valence electrons. The molecule has 0 saturated heterocycles. The number of nitrogens with one attached hydrogen (secondary N) is 1. The summed E-state index contributed by atoms with van der Waals surface area (Å²) in [4.78, 5) is 4.44. The van der Waals surface area contributed by atoms with Gasteiger partial charge in [0.1, 0.15) is 30.0 Å². The van der Waals surface area contributed by atoms with Gasteiger partial charge in [-0.2, -0.15) is 10.1 Å². The van der Waals surface area contributed by atoms with E-state index in [1.54, 1.807) is 26.4 Å². The molecule has 7 nitrogen and oxygen atoms in total. The highest BCUT2D eigenvalue weighted by Crippen LogP contribution is 2.51. The molecule has 0 bridgehead atoms. The molecule has 0 amide bonds. The largest absolute Gasteiger partial charge is 0.493 e. The fourth-order valence-electron chi connectivity index (χ4n) is 4.67. The Morgan fingerprint density at radius 3 is 2.50 bits per heavy atom. The fourth-order valence-corrected chi connectivity index (χ4v) is 4.67. The van der Waals surface area contributed by atoms with E-state index in [1.807, 2.05) is 47.1 Å². The lowest BCUT2D eigenvalue weighted by Gasteiger charge is -2.39. The summed E-state index contributed by atoms with van der Waals surface area (Å²) in [6.45, 7) is 0. The number of nitrogens with zero attached hydrogens (tertiary/aromatic N) is 3. The van der Waals surface area contributed by atoms with Crippen molar-refractivity contribution < 1.29 is 18.6 Å². The van der Waals surface area contributed by atoms with Crippen molar-refractivity contribution in [2.24, 2.45) is 0 Å². The monoisotopic (exact) mass is 456 g/mol. The van der Waals surface area contributed by atoms with Gasteiger partial charge < -0.3 is 19.5 Å². The summed E-state index contributed by atoms with van der Waals surface area (Å²) in [7, 11) is 3.21. The first-order valence-corrected chi connectivity index (χ1v) is 10.8. The minimum atomic E-state index is -0.478. The van der Waals surface area contributed by atoms with E-state index < -0.39 is 6.10 Å². The smallest absolute Gasteiger partial charge is 0.226 e. The van der Waals surface area contributed by atoms with Gasteiger partial charge in [0, 0.05) is 11.1 Å². The van der Waals surface area contributed by atoms with E-state index in [-0.39, 0.29) is 11.9 Å². The first kappa shape index (κ1) is 20.3. The molecule has 3 aromatic carbocycles. The number of halogens is 1. The van der Waals surface area contributed by atoms with E-state index in [2.05, 4.69) is 15.4 Å². The van der Waals surface area contributed by atoms with Crippen molar-refractivity contribution in [3.63, 3.8) is 0 Å². The van der Waals surface area contributed by atoms with Crippen LogP contribution in [0.4, 0.5) is 10.3 Å². The molecule has 0 saturated carbocycles. The molecule has 0 spiro atoms. The van der Waals surface area contributed by atoms with Crippen LogP contribution in [-0.4, -0.2) is 29.0 Å². The predicted octanol–water partition coefficient (Wildman–Crippen LogP) is 4.99. The summed E-state index contributed by atoms with van der Waals surface area (Å²) in [5, 5.41) is 7.98. The lowest BCUT2D eigenvalue weighted by molar-refractivity contribution is 0.223. The molecule has 34 heavy (non-hydrogen) atoms. The average molecular weight is 456 g/mol. The third-order valence-electron chi connectivity index (χ3n) is 6.22. The molecule has 2 atom stereocenters. The van der Waals surface area contributed by atoms with Crippen LogP contribution in [0.5, 0.6) is 17.2 Å². The highest BCUT2D eigenvalue weighted by molar-refractivity contribution is 5.85. The van der Waals surface area contributed by atoms with E-state index in [1.165, 1.54) is 18.5 Å². The number of anilines is 1. The van der Waals surface area contributed by atoms with Crippen LogP contribution in [0.1, 0.15) is 28.8 Å². The number of rotatable bonds is 4. The Morgan fingerprint density at radius 2 is 1.71 bits per heavy atom. The van der Waals surface area contributed by atoms with Gasteiger partial charge >= 0.3 is 0 Å². The molecule has 0 aliphatic carbocycles. The van der Waals surface area contributed by atoms with Gasteiger partial charge in [-0.25, -0.2) is 9.07 Å². The van der Waals surface area contributed by atoms with Crippen LogP contribution in [0.3, 0.4) is 0 Å². The topological polar surface area (TPSA) is 70.4 Å². The Labute approximate surface area is 195 Å². The number of aromatic nitrogens is 3. The van der Waals surface area contributed by atoms with Gasteiger partial charge in [0.25, 0.3) is 0 Å². The molecule has 1 aromatic heterocycles. The Balaban J connectivity index is 1.61. The minimum Gasteiger partial charge on any atom is -0.493 e. The molecule has 6 rings (SSSR count). The standard InChI is InChI=1S/C26H21FN4O3/c1-32-20-12-9-16(13-21(20)33-2)24-22-23(30-26-28-14-29-31(24)26)18-5-3-4-6-19(18)34-25(22)15-7-10-17(27)11-8-15/h3-14,24-25H,1-2H3,(H,28,29,30)/t24-,25+/m1/s1. The number of methoxy groups -OCH3 is 2. The van der Waals surface area contributed by atoms with Crippen LogP contribution in [0.15, 0.2) is 78.6 Å². The summed E-state index contributed by atoms with van der Waals surface area (Å²) >= 11 is 0. The maximum absolute atomic E-state index is 13.8. The predicted molar refractivity (Wildman–Crippen MR) is 124 cm³/mol. The zero-order valence-corrected chi connectivity index (χ0v) is 18.5. The van der Waals surface area contributed by atoms with Gasteiger partial charge in [0.15, 0.2) is 11.5 Å². The van der Waals surface area contributed by atoms with Gasteiger partial charge in [-0.05, 0) is 47.5 Å². The van der Waals surface area contributed by atoms with E-state index >= 15 is 0 Å². The molecule has 3 heterocycles. The number of para-hydroxylation sites is 1. The Morgan fingerprint density at radius 1 is 0.941 bits per heavy atom. The zero-order chi connectivity index (χ0) is 23.2. The quantitative estimate of drug-likeness (QED) is 0.466. The van der Waals surface area contributed by atoms with Crippen LogP contribution in [-0.2, 0) is 0 Å². The van der Waals surface area contributed by atoms with Gasteiger partial charge in [-0.1, -0.05) is 30.3 Å². The first-order valence-electron chi connectivity index (χ1n) is 10.8. The van der Waals surface area contributed by atoms with E-state index in [4.69, 9.17) is 14.2 Å². The second kappa shape index (κ2) is 7.91. The van der Waals surface area contributed by atoms with E-state index in [0.29, 0.717) is 17.4 Å². The highest BCUT2D eigenvalue weighted by atomic mass is 19.1. The first-order chi connectivity index (χ1) is 16.7. The molecule has 0 fully saturated rings. The highest BCUT2D eigenvalue weighted by Gasteiger charge is 2.41. The van der Waals surface area contributed by atoms with Crippen LogP contribution in [0.25, 0.3) is 5.70 Å². The van der Waals surface area contributed by atoms with Crippen LogP contribution < -0.4 is 19.5 Å². The van der Waals surface area contributed by atoms with Crippen molar-refractivity contribution in [2.75, 3.05) is 19.5 Å². The van der Waals surface area contributed by atoms with Gasteiger partial charge in [0.2, 0.25) is 5.95 Å². The summed E-state index contributed by atoms with van der Waals surface area (Å²) in [5.41, 5.74) is 4.52. The molecule has 2 aliphatic rings. The molecule has 8 heteroatoms. The SMILES string of the molecule is COc1ccc([C@@H]2C3=C(Nc4ncnn42)c2ccccc2O[C@H]3c2ccc(F)cc2)cc1OC. The Kier molecular flexibility index (Phi) is 4.72. The molecule has 2 aliphatic heterocycles. The third kappa shape index (κ3) is 3.10. The number of fused-ring (bicyclic) bond motifs is 3. The second-order valence-electron chi connectivity index (χ2n) is 8.05. The summed E-state index contributed by atoms with van der Waals surface area (Å²) < 4.78 is 33.1. The fraction of sp³-hybridized carbons (Fsp3) is 0.154. The van der Waals surface area contributed by atoms with Gasteiger partial charge in [0.05, 0.1) is 19.9 Å². The van der Waals surface area contributed by atoms with Crippen molar-refractivity contribution in [1.82, 2.24) is 14.8 Å². The summed E-state index contributed by atoms with van der Waals surface area (Å²) in [6, 6.07) is 19.7. The van der Waals surface area contributed by atoms with Crippen LogP contribution >= 0.6 is 0 Å². The van der Waals surface area contributed by atoms with Crippen molar-refractivity contribution in [3.05, 3.63) is 101 Å². The number of hydrogen-bond donors (Lipinski definition) is 1. The van der Waals surface area contributed by atoms with Crippen LogP contribution in [0.2, 0.25) is 0 Å². The average Bonchev–Trinajstić information content (AvgIpc) is 3.35. The number of ether oxygens (including phenoxy) is 3. The molecule has 0 unspecified atom stereocenters. The Bertz CT molecular complexity index is 1410. The van der Waals surface area contributed by atoms with Crippen molar-refractivity contribution >= 4 is 11.6 Å². The lowest BCUT2D eigenvalue weighted by Crippen LogP contribution is -2.32. The summed E-state index contributed by atoms with van der Waals surface area (Å²) in [5.74, 6) is 2.30. The van der Waals surface area contributed by atoms with Crippen LogP contribution in [0, 0.1) is 5.82 Å². The van der Waals surface area contributed by atoms with E-state index in [0.717, 1.165) is 33.7 Å². The molecular weight excluding hydrogens is 435 g/mol. The number of benzene rings is 3. The van der Waals surface area contributed by atoms with Gasteiger partial charge in [-0.3, -0.25) is 0 Å². The van der Waals surface area contributed by atoms with Gasteiger partial charge in [-0.15, -0.1) is 0 Å². The van der Waals surface area contributed by atoms with Crippen molar-refractivity contribution in [1.29, 1.82) is 0 Å². The maximum Gasteiger partial charge on any atom is 0.226 e. The molecule has 4 aromatic rings. The molecular formula is C26H21FN4O3. The second-order valence-corrected chi connectivity index (χ2v) is 8.05. The van der Waals surface area contributed by atoms with Crippen molar-refractivity contribution in [3.8, 4) is 17.2 Å². The molecule has 0 radical (unpaired) electrons. The minimum absolute atomic E-state index is 0.300. The maximum atomic E-state index is 13.8. The lowest BCUT2D eigenvalue weighted by atomic mass is 9.84. The normalized spacial score (nSPS) is 18.2. The van der Waals surface area contributed by atoms with E-state index in [9.17, 15) is 4.39 Å². The number of hydrogen-bond acceptors (Lipinski definition) is 6. The molecule has 1 N–H and O–H groups in total.